The Morgan fingerprint density at radius 2 is 2.15 bits per heavy atom. The maximum atomic E-state index is 13.3. The van der Waals surface area contributed by atoms with Crippen molar-refractivity contribution in [1.29, 1.82) is 0 Å². The average Bonchev–Trinajstić information content (AvgIpc) is 2.40. The average molecular weight is 280 g/mol. The molecule has 1 saturated heterocycles. The highest BCUT2D eigenvalue weighted by Gasteiger charge is 2.28. The summed E-state index contributed by atoms with van der Waals surface area (Å²) in [6.07, 6.45) is 0.254. The number of Topliss-reactive ketones (excluding diaryl/α,β-unsaturated/α-hetero) is 1. The van der Waals surface area contributed by atoms with Crippen LogP contribution in [0.3, 0.4) is 0 Å². The van der Waals surface area contributed by atoms with E-state index >= 15 is 0 Å². The third-order valence-electron chi connectivity index (χ3n) is 3.30. The molecule has 1 atom stereocenters. The molecule has 1 aliphatic heterocycles. The van der Waals surface area contributed by atoms with Crippen molar-refractivity contribution in [2.45, 2.75) is 13.3 Å². The van der Waals surface area contributed by atoms with Gasteiger partial charge in [-0.1, -0.05) is 6.92 Å². The second-order valence-corrected chi connectivity index (χ2v) is 4.82. The van der Waals surface area contributed by atoms with E-state index in [-0.39, 0.29) is 36.8 Å². The standard InChI is InChI=1S/C13H13FN2O4/c1-8-7-15(3-2-12(8)17)13(18)9-4-10(14)6-11(5-9)16(19)20/h4-6,8H,2-3,7H2,1H3. The first kappa shape index (κ1) is 14.1. The van der Waals surface area contributed by atoms with Gasteiger partial charge in [-0.05, 0) is 6.07 Å². The number of amides is 1. The Labute approximate surface area is 114 Å². The van der Waals surface area contributed by atoms with Crippen molar-refractivity contribution in [3.05, 3.63) is 39.7 Å². The van der Waals surface area contributed by atoms with Gasteiger partial charge < -0.3 is 4.90 Å². The molecule has 0 spiro atoms. The molecule has 1 fully saturated rings. The molecule has 20 heavy (non-hydrogen) atoms. The molecule has 0 aliphatic carbocycles. The third kappa shape index (κ3) is 2.81. The monoisotopic (exact) mass is 280 g/mol. The molecule has 0 N–H and O–H groups in total. The molecule has 1 amide bonds. The lowest BCUT2D eigenvalue weighted by molar-refractivity contribution is -0.385. The number of benzene rings is 1. The normalized spacial score (nSPS) is 19.0. The number of nitro benzene ring substituents is 1. The van der Waals surface area contributed by atoms with Crippen molar-refractivity contribution in [2.24, 2.45) is 5.92 Å². The molecule has 0 bridgehead atoms. The molecule has 1 unspecified atom stereocenters. The molecule has 106 valence electrons. The van der Waals surface area contributed by atoms with E-state index in [9.17, 15) is 24.1 Å². The second kappa shape index (κ2) is 5.36. The maximum Gasteiger partial charge on any atom is 0.273 e. The van der Waals surface area contributed by atoms with Crippen LogP contribution in [0.2, 0.25) is 0 Å². The van der Waals surface area contributed by atoms with E-state index in [1.807, 2.05) is 0 Å². The molecule has 0 saturated carbocycles. The number of halogens is 1. The van der Waals surface area contributed by atoms with Crippen LogP contribution < -0.4 is 0 Å². The van der Waals surface area contributed by atoms with E-state index in [0.29, 0.717) is 0 Å². The highest BCUT2D eigenvalue weighted by molar-refractivity contribution is 5.96. The van der Waals surface area contributed by atoms with Gasteiger partial charge in [0, 0.05) is 37.1 Å². The molecule has 6 nitrogen and oxygen atoms in total. The summed E-state index contributed by atoms with van der Waals surface area (Å²) in [5, 5.41) is 10.7. The zero-order chi connectivity index (χ0) is 14.9. The van der Waals surface area contributed by atoms with Crippen molar-refractivity contribution in [3.8, 4) is 0 Å². The Morgan fingerprint density at radius 1 is 1.45 bits per heavy atom. The lowest BCUT2D eigenvalue weighted by atomic mass is 9.98. The lowest BCUT2D eigenvalue weighted by Gasteiger charge is -2.30. The fraction of sp³-hybridized carbons (Fsp3) is 0.385. The van der Waals surface area contributed by atoms with Gasteiger partial charge in [-0.25, -0.2) is 4.39 Å². The fourth-order valence-electron chi connectivity index (χ4n) is 2.19. The predicted octanol–water partition coefficient (Wildman–Crippen LogP) is 1.78. The quantitative estimate of drug-likeness (QED) is 0.611. The highest BCUT2D eigenvalue weighted by Crippen LogP contribution is 2.20. The molecule has 1 heterocycles. The van der Waals surface area contributed by atoms with Gasteiger partial charge in [0.15, 0.2) is 0 Å². The largest absolute Gasteiger partial charge is 0.337 e. The molecule has 1 aromatic carbocycles. The van der Waals surface area contributed by atoms with Crippen LogP contribution in [0.4, 0.5) is 10.1 Å². The summed E-state index contributed by atoms with van der Waals surface area (Å²) >= 11 is 0. The molecule has 0 aromatic heterocycles. The number of carbonyl (C=O) groups excluding carboxylic acids is 2. The Bertz CT molecular complexity index is 588. The van der Waals surface area contributed by atoms with Crippen LogP contribution in [0.5, 0.6) is 0 Å². The molecular weight excluding hydrogens is 267 g/mol. The van der Waals surface area contributed by atoms with Crippen molar-refractivity contribution in [1.82, 2.24) is 4.90 Å². The van der Waals surface area contributed by atoms with E-state index in [1.54, 1.807) is 6.92 Å². The number of hydrogen-bond acceptors (Lipinski definition) is 4. The third-order valence-corrected chi connectivity index (χ3v) is 3.30. The van der Waals surface area contributed by atoms with Gasteiger partial charge in [-0.2, -0.15) is 0 Å². The van der Waals surface area contributed by atoms with Crippen LogP contribution in [0.15, 0.2) is 18.2 Å². The van der Waals surface area contributed by atoms with E-state index in [2.05, 4.69) is 0 Å². The van der Waals surface area contributed by atoms with Crippen molar-refractivity contribution >= 4 is 17.4 Å². The summed E-state index contributed by atoms with van der Waals surface area (Å²) < 4.78 is 13.3. The molecule has 2 rings (SSSR count). The maximum absolute atomic E-state index is 13.3. The minimum atomic E-state index is -0.830. The van der Waals surface area contributed by atoms with E-state index in [1.165, 1.54) is 4.90 Å². The van der Waals surface area contributed by atoms with Crippen molar-refractivity contribution in [3.63, 3.8) is 0 Å². The Hall–Kier alpha value is -2.31. The van der Waals surface area contributed by atoms with Crippen LogP contribution in [-0.2, 0) is 4.79 Å². The number of non-ortho nitro benzene ring substituents is 1. The van der Waals surface area contributed by atoms with Crippen molar-refractivity contribution in [2.75, 3.05) is 13.1 Å². The number of nitrogens with zero attached hydrogens (tertiary/aromatic N) is 2. The van der Waals surface area contributed by atoms with Crippen LogP contribution in [0, 0.1) is 21.8 Å². The highest BCUT2D eigenvalue weighted by atomic mass is 19.1. The van der Waals surface area contributed by atoms with Crippen molar-refractivity contribution < 1.29 is 18.9 Å². The summed E-state index contributed by atoms with van der Waals surface area (Å²) in [4.78, 5) is 35.0. The number of carbonyl (C=O) groups is 2. The number of nitro groups is 1. The van der Waals surface area contributed by atoms with Gasteiger partial charge in [0.2, 0.25) is 0 Å². The summed E-state index contributed by atoms with van der Waals surface area (Å²) in [7, 11) is 0. The number of ketones is 1. The Balaban J connectivity index is 2.25. The molecule has 1 aliphatic rings. The van der Waals surface area contributed by atoms with Crippen LogP contribution in [-0.4, -0.2) is 34.6 Å². The van der Waals surface area contributed by atoms with Gasteiger partial charge >= 0.3 is 0 Å². The second-order valence-electron chi connectivity index (χ2n) is 4.82. The van der Waals surface area contributed by atoms with Crippen LogP contribution in [0.25, 0.3) is 0 Å². The fourth-order valence-corrected chi connectivity index (χ4v) is 2.19. The molecule has 0 radical (unpaired) electrons. The number of piperidine rings is 1. The smallest absolute Gasteiger partial charge is 0.273 e. The summed E-state index contributed by atoms with van der Waals surface area (Å²) in [6.45, 7) is 2.23. The summed E-state index contributed by atoms with van der Waals surface area (Å²) in [5.74, 6) is -1.51. The topological polar surface area (TPSA) is 80.5 Å². The SMILES string of the molecule is CC1CN(C(=O)c2cc(F)cc([N+](=O)[O-])c2)CCC1=O. The molecule has 7 heteroatoms. The summed E-state index contributed by atoms with van der Waals surface area (Å²) in [6, 6.07) is 2.78. The number of likely N-dealkylation sites (tertiary alicyclic amines) is 1. The number of rotatable bonds is 2. The van der Waals surface area contributed by atoms with E-state index < -0.39 is 22.3 Å². The van der Waals surface area contributed by atoms with Gasteiger partial charge in [0.25, 0.3) is 11.6 Å². The number of hydrogen-bond donors (Lipinski definition) is 0. The van der Waals surface area contributed by atoms with Crippen LogP contribution >= 0.6 is 0 Å². The molecular formula is C13H13FN2O4. The van der Waals surface area contributed by atoms with E-state index in [4.69, 9.17) is 0 Å². The first-order valence-electron chi connectivity index (χ1n) is 6.15. The zero-order valence-electron chi connectivity index (χ0n) is 10.8. The minimum Gasteiger partial charge on any atom is -0.337 e. The van der Waals surface area contributed by atoms with Gasteiger partial charge in [-0.3, -0.25) is 19.7 Å². The van der Waals surface area contributed by atoms with Gasteiger partial charge in [-0.15, -0.1) is 0 Å². The van der Waals surface area contributed by atoms with Crippen LogP contribution in [0.1, 0.15) is 23.7 Å². The zero-order valence-corrected chi connectivity index (χ0v) is 10.8. The van der Waals surface area contributed by atoms with Gasteiger partial charge in [0.05, 0.1) is 11.0 Å². The Kier molecular flexibility index (Phi) is 3.78. The van der Waals surface area contributed by atoms with E-state index in [0.717, 1.165) is 18.2 Å². The predicted molar refractivity (Wildman–Crippen MR) is 67.7 cm³/mol. The minimum absolute atomic E-state index is 0.0711. The summed E-state index contributed by atoms with van der Waals surface area (Å²) in [5.41, 5.74) is -0.535. The first-order valence-corrected chi connectivity index (χ1v) is 6.15. The lowest BCUT2D eigenvalue weighted by Crippen LogP contribution is -2.43. The van der Waals surface area contributed by atoms with Gasteiger partial charge in [0.1, 0.15) is 11.6 Å². The first-order chi connectivity index (χ1) is 9.38. The Morgan fingerprint density at radius 3 is 2.75 bits per heavy atom. The molecule has 1 aromatic rings.